The average molecular weight is 595 g/mol. The second-order valence-corrected chi connectivity index (χ2v) is 12.9. The van der Waals surface area contributed by atoms with Crippen molar-refractivity contribution in [1.82, 2.24) is 10.6 Å². The van der Waals surface area contributed by atoms with Crippen molar-refractivity contribution >= 4 is 17.8 Å². The summed E-state index contributed by atoms with van der Waals surface area (Å²) >= 11 is 0. The van der Waals surface area contributed by atoms with E-state index >= 15 is 0 Å². The third-order valence-corrected chi connectivity index (χ3v) is 7.74. The summed E-state index contributed by atoms with van der Waals surface area (Å²) in [7, 11) is 0. The molecule has 8 nitrogen and oxygen atoms in total. The number of carbonyl (C=O) groups excluding carboxylic acids is 3. The summed E-state index contributed by atoms with van der Waals surface area (Å²) in [4.78, 5) is 37.3. The number of nitrogens with one attached hydrogen (secondary N) is 2. The molecule has 244 valence electrons. The predicted molar refractivity (Wildman–Crippen MR) is 169 cm³/mol. The van der Waals surface area contributed by atoms with E-state index in [9.17, 15) is 14.4 Å². The molecule has 0 saturated carbocycles. The number of hydrogen-bond donors (Lipinski definition) is 2. The van der Waals surface area contributed by atoms with Crippen LogP contribution in [0.1, 0.15) is 144 Å². The molecule has 1 fully saturated rings. The van der Waals surface area contributed by atoms with Crippen molar-refractivity contribution in [3.05, 3.63) is 12.2 Å². The zero-order chi connectivity index (χ0) is 31.3. The first-order valence-electron chi connectivity index (χ1n) is 16.7. The van der Waals surface area contributed by atoms with Gasteiger partial charge < -0.3 is 24.8 Å². The molecule has 42 heavy (non-hydrogen) atoms. The van der Waals surface area contributed by atoms with E-state index in [2.05, 4.69) is 29.7 Å². The maximum Gasteiger partial charge on any atom is 0.307 e. The van der Waals surface area contributed by atoms with Crippen LogP contribution in [-0.2, 0) is 28.6 Å². The van der Waals surface area contributed by atoms with Gasteiger partial charge in [-0.25, -0.2) is 0 Å². The van der Waals surface area contributed by atoms with Gasteiger partial charge in [-0.1, -0.05) is 91.2 Å². The second kappa shape index (κ2) is 21.7. The molecule has 0 radical (unpaired) electrons. The molecule has 0 aromatic carbocycles. The molecule has 2 N–H and O–H groups in total. The van der Waals surface area contributed by atoms with Gasteiger partial charge >= 0.3 is 5.97 Å². The zero-order valence-electron chi connectivity index (χ0n) is 27.7. The Kier molecular flexibility index (Phi) is 19.7. The molecule has 0 aromatic rings. The summed E-state index contributed by atoms with van der Waals surface area (Å²) in [5.41, 5.74) is -0.476. The fourth-order valence-corrected chi connectivity index (χ4v) is 4.89. The highest BCUT2D eigenvalue weighted by atomic mass is 16.7. The van der Waals surface area contributed by atoms with Crippen LogP contribution in [0.4, 0.5) is 0 Å². The van der Waals surface area contributed by atoms with Crippen LogP contribution in [0, 0.1) is 5.41 Å². The molecule has 8 heteroatoms. The largest absolute Gasteiger partial charge is 0.463 e. The van der Waals surface area contributed by atoms with Gasteiger partial charge in [0.15, 0.2) is 5.79 Å². The topological polar surface area (TPSA) is 103 Å². The molecule has 1 aliphatic heterocycles. The van der Waals surface area contributed by atoms with E-state index in [0.29, 0.717) is 19.4 Å². The lowest BCUT2D eigenvalue weighted by Gasteiger charge is -2.44. The Morgan fingerprint density at radius 1 is 0.857 bits per heavy atom. The van der Waals surface area contributed by atoms with Crippen LogP contribution in [0.15, 0.2) is 12.2 Å². The molecular weight excluding hydrogens is 532 g/mol. The van der Waals surface area contributed by atoms with Crippen LogP contribution >= 0.6 is 0 Å². The van der Waals surface area contributed by atoms with Crippen molar-refractivity contribution in [3.63, 3.8) is 0 Å². The Morgan fingerprint density at radius 3 is 2.07 bits per heavy atom. The maximum absolute atomic E-state index is 12.7. The molecule has 0 aromatic heterocycles. The smallest absolute Gasteiger partial charge is 0.307 e. The van der Waals surface area contributed by atoms with Crippen LogP contribution < -0.4 is 10.6 Å². The summed E-state index contributed by atoms with van der Waals surface area (Å²) in [5.74, 6) is -1.50. The van der Waals surface area contributed by atoms with Crippen LogP contribution in [0.25, 0.3) is 0 Å². The molecule has 1 heterocycles. The third kappa shape index (κ3) is 17.9. The van der Waals surface area contributed by atoms with E-state index in [1.807, 2.05) is 20.8 Å². The minimum absolute atomic E-state index is 0.00444. The van der Waals surface area contributed by atoms with Crippen LogP contribution in [0.2, 0.25) is 0 Å². The molecule has 2 atom stereocenters. The third-order valence-electron chi connectivity index (χ3n) is 7.74. The molecular formula is C34H62N2O6. The minimum atomic E-state index is -0.833. The van der Waals surface area contributed by atoms with Crippen molar-refractivity contribution in [2.24, 2.45) is 5.41 Å². The van der Waals surface area contributed by atoms with Gasteiger partial charge in [0, 0.05) is 18.4 Å². The van der Waals surface area contributed by atoms with Crippen molar-refractivity contribution < 1.29 is 28.6 Å². The molecule has 0 spiro atoms. The summed E-state index contributed by atoms with van der Waals surface area (Å²) in [6.07, 6.45) is 21.2. The SMILES string of the molecule is CCCCCCCCC=CCCCCCCCC(=O)NC(CC)COC(=O)CCNC(=O)C1OC(C)(C)OCC1(C)C. The van der Waals surface area contributed by atoms with E-state index < -0.39 is 23.3 Å². The summed E-state index contributed by atoms with van der Waals surface area (Å²) < 4.78 is 16.9. The van der Waals surface area contributed by atoms with E-state index in [4.69, 9.17) is 14.2 Å². The number of allylic oxidation sites excluding steroid dienone is 2. The normalized spacial score (nSPS) is 18.5. The number of unbranched alkanes of at least 4 members (excludes halogenated alkanes) is 11. The number of hydrogen-bond acceptors (Lipinski definition) is 6. The number of esters is 1. The number of amides is 2. The van der Waals surface area contributed by atoms with Gasteiger partial charge in [0.25, 0.3) is 0 Å². The van der Waals surface area contributed by atoms with Gasteiger partial charge in [-0.2, -0.15) is 0 Å². The number of rotatable bonds is 23. The fraction of sp³-hybridized carbons (Fsp3) is 0.853. The van der Waals surface area contributed by atoms with Gasteiger partial charge in [0.2, 0.25) is 11.8 Å². The monoisotopic (exact) mass is 594 g/mol. The predicted octanol–water partition coefficient (Wildman–Crippen LogP) is 7.15. The van der Waals surface area contributed by atoms with Crippen LogP contribution in [0.3, 0.4) is 0 Å². The Morgan fingerprint density at radius 2 is 1.45 bits per heavy atom. The van der Waals surface area contributed by atoms with Gasteiger partial charge in [-0.15, -0.1) is 0 Å². The quantitative estimate of drug-likeness (QED) is 0.0740. The van der Waals surface area contributed by atoms with E-state index in [1.165, 1.54) is 57.8 Å². The molecule has 2 amide bonds. The van der Waals surface area contributed by atoms with Crippen molar-refractivity contribution in [3.8, 4) is 0 Å². The van der Waals surface area contributed by atoms with Gasteiger partial charge in [-0.3, -0.25) is 14.4 Å². The maximum atomic E-state index is 12.7. The Balaban J connectivity index is 2.08. The lowest BCUT2D eigenvalue weighted by atomic mass is 9.85. The standard InChI is InChI=1S/C34H62N2O6/c1-7-9-10-11-12-13-14-15-16-17-18-19-20-21-22-23-29(37)36-28(8-2)26-40-30(38)24-25-35-32(39)31-33(3,4)27-41-34(5,6)42-31/h15-16,28,31H,7-14,17-27H2,1-6H3,(H,35,39)(H,36,37). The Bertz CT molecular complexity index is 795. The Labute approximate surface area is 256 Å². The number of ether oxygens (including phenoxy) is 3. The highest BCUT2D eigenvalue weighted by Crippen LogP contribution is 2.34. The first-order valence-corrected chi connectivity index (χ1v) is 16.7. The van der Waals surface area contributed by atoms with Crippen LogP contribution in [0.5, 0.6) is 0 Å². The minimum Gasteiger partial charge on any atom is -0.463 e. The molecule has 1 rings (SSSR count). The first-order chi connectivity index (χ1) is 20.0. The molecule has 0 bridgehead atoms. The molecule has 0 aliphatic carbocycles. The molecule has 1 saturated heterocycles. The van der Waals surface area contributed by atoms with Crippen LogP contribution in [-0.4, -0.2) is 55.5 Å². The van der Waals surface area contributed by atoms with Crippen molar-refractivity contribution in [2.75, 3.05) is 19.8 Å². The van der Waals surface area contributed by atoms with Gasteiger partial charge in [0.1, 0.15) is 12.7 Å². The zero-order valence-corrected chi connectivity index (χ0v) is 27.7. The lowest BCUT2D eigenvalue weighted by molar-refractivity contribution is -0.304. The molecule has 2 unspecified atom stereocenters. The summed E-state index contributed by atoms with van der Waals surface area (Å²) in [6, 6.07) is -0.210. The highest BCUT2D eigenvalue weighted by Gasteiger charge is 2.45. The average Bonchev–Trinajstić information content (AvgIpc) is 2.94. The number of carbonyl (C=O) groups is 3. The van der Waals surface area contributed by atoms with E-state index in [-0.39, 0.29) is 37.4 Å². The highest BCUT2D eigenvalue weighted by molar-refractivity contribution is 5.82. The summed E-state index contributed by atoms with van der Waals surface area (Å²) in [6.45, 7) is 12.3. The van der Waals surface area contributed by atoms with Crippen molar-refractivity contribution in [2.45, 2.75) is 162 Å². The Hall–Kier alpha value is -1.93. The summed E-state index contributed by atoms with van der Waals surface area (Å²) in [5, 5.41) is 5.76. The van der Waals surface area contributed by atoms with E-state index in [1.54, 1.807) is 13.8 Å². The molecule has 1 aliphatic rings. The second-order valence-electron chi connectivity index (χ2n) is 12.9. The van der Waals surface area contributed by atoms with E-state index in [0.717, 1.165) is 25.7 Å². The van der Waals surface area contributed by atoms with Gasteiger partial charge in [-0.05, 0) is 52.4 Å². The first kappa shape index (κ1) is 38.1. The fourth-order valence-electron chi connectivity index (χ4n) is 4.89. The lowest BCUT2D eigenvalue weighted by Crippen LogP contribution is -2.56. The van der Waals surface area contributed by atoms with Gasteiger partial charge in [0.05, 0.1) is 19.1 Å². The van der Waals surface area contributed by atoms with Crippen molar-refractivity contribution in [1.29, 1.82) is 0 Å².